The van der Waals surface area contributed by atoms with Gasteiger partial charge in [-0.3, -0.25) is 4.79 Å². The molecule has 4 rings (SSSR count). The number of nitrogens with zero attached hydrogens (tertiary/aromatic N) is 5. The lowest BCUT2D eigenvalue weighted by atomic mass is 10.2. The molecule has 1 aromatic carbocycles. The predicted molar refractivity (Wildman–Crippen MR) is 114 cm³/mol. The third-order valence-corrected chi connectivity index (χ3v) is 7.52. The van der Waals surface area contributed by atoms with Crippen LogP contribution in [-0.4, -0.2) is 72.8 Å². The van der Waals surface area contributed by atoms with Crippen molar-refractivity contribution in [2.24, 2.45) is 0 Å². The highest BCUT2D eigenvalue weighted by Gasteiger charge is 2.29. The molecule has 2 saturated heterocycles. The quantitative estimate of drug-likeness (QED) is 0.737. The van der Waals surface area contributed by atoms with Gasteiger partial charge in [-0.1, -0.05) is 6.07 Å². The van der Waals surface area contributed by atoms with Gasteiger partial charge in [0, 0.05) is 56.6 Å². The van der Waals surface area contributed by atoms with Gasteiger partial charge in [0.25, 0.3) is 5.91 Å². The van der Waals surface area contributed by atoms with Crippen LogP contribution in [0.5, 0.6) is 0 Å². The molecule has 2 aliphatic rings. The Kier molecular flexibility index (Phi) is 5.75. The maximum Gasteiger partial charge on any atom is 0.254 e. The van der Waals surface area contributed by atoms with Gasteiger partial charge in [-0.05, 0) is 44.9 Å². The minimum atomic E-state index is -3.54. The zero-order valence-corrected chi connectivity index (χ0v) is 18.2. The van der Waals surface area contributed by atoms with Crippen molar-refractivity contribution >= 4 is 21.7 Å². The summed E-state index contributed by atoms with van der Waals surface area (Å²) >= 11 is 0. The number of benzene rings is 1. The molecule has 3 heterocycles. The van der Waals surface area contributed by atoms with Gasteiger partial charge in [-0.25, -0.2) is 18.4 Å². The molecule has 0 radical (unpaired) electrons. The average Bonchev–Trinajstić information content (AvgIpc) is 3.29. The molecule has 2 fully saturated rings. The highest BCUT2D eigenvalue weighted by atomic mass is 32.2. The lowest BCUT2D eigenvalue weighted by molar-refractivity contribution is 0.0746. The maximum absolute atomic E-state index is 13.0. The van der Waals surface area contributed by atoms with Gasteiger partial charge < -0.3 is 9.80 Å². The fraction of sp³-hybridized carbons (Fsp3) is 0.476. The molecule has 1 amide bonds. The second kappa shape index (κ2) is 8.31. The molecule has 0 bridgehead atoms. The smallest absolute Gasteiger partial charge is 0.254 e. The molecule has 0 unspecified atom stereocenters. The SMILES string of the molecule is Cc1cc(N2CCN(C(=O)c3cccc(S(=O)(=O)N4CCCC4)c3)CC2)nc(C)n1. The van der Waals surface area contributed by atoms with Crippen molar-refractivity contribution in [3.05, 3.63) is 47.4 Å². The minimum absolute atomic E-state index is 0.136. The Balaban J connectivity index is 1.46. The van der Waals surface area contributed by atoms with E-state index in [1.54, 1.807) is 23.1 Å². The largest absolute Gasteiger partial charge is 0.353 e. The van der Waals surface area contributed by atoms with Gasteiger partial charge in [0.05, 0.1) is 4.90 Å². The molecule has 0 saturated carbocycles. The van der Waals surface area contributed by atoms with E-state index in [0.29, 0.717) is 44.8 Å². The van der Waals surface area contributed by atoms with Crippen LogP contribution in [0.1, 0.15) is 34.7 Å². The number of carbonyl (C=O) groups is 1. The van der Waals surface area contributed by atoms with E-state index in [2.05, 4.69) is 14.9 Å². The molecule has 8 nitrogen and oxygen atoms in total. The maximum atomic E-state index is 13.0. The summed E-state index contributed by atoms with van der Waals surface area (Å²) in [6, 6.07) is 8.38. The van der Waals surface area contributed by atoms with Gasteiger partial charge >= 0.3 is 0 Å². The number of piperazine rings is 1. The number of rotatable bonds is 4. The van der Waals surface area contributed by atoms with Crippen LogP contribution >= 0.6 is 0 Å². The van der Waals surface area contributed by atoms with Crippen molar-refractivity contribution in [1.82, 2.24) is 19.2 Å². The van der Waals surface area contributed by atoms with Crippen LogP contribution in [0.4, 0.5) is 5.82 Å². The topological polar surface area (TPSA) is 86.7 Å². The average molecular weight is 430 g/mol. The van der Waals surface area contributed by atoms with Gasteiger partial charge in [-0.2, -0.15) is 4.31 Å². The third kappa shape index (κ3) is 4.17. The molecule has 0 atom stereocenters. The summed E-state index contributed by atoms with van der Waals surface area (Å²) in [7, 11) is -3.54. The third-order valence-electron chi connectivity index (χ3n) is 5.63. The number of carbonyl (C=O) groups excluding carboxylic acids is 1. The van der Waals surface area contributed by atoms with Crippen molar-refractivity contribution in [2.45, 2.75) is 31.6 Å². The van der Waals surface area contributed by atoms with Crippen LogP contribution in [-0.2, 0) is 10.0 Å². The first-order valence-electron chi connectivity index (χ1n) is 10.3. The monoisotopic (exact) mass is 429 g/mol. The van der Waals surface area contributed by atoms with Gasteiger partial charge in [0.15, 0.2) is 0 Å². The van der Waals surface area contributed by atoms with Gasteiger partial charge in [-0.15, -0.1) is 0 Å². The first-order valence-corrected chi connectivity index (χ1v) is 11.8. The van der Waals surface area contributed by atoms with Crippen molar-refractivity contribution in [3.63, 3.8) is 0 Å². The van der Waals surface area contributed by atoms with Crippen LogP contribution in [0.25, 0.3) is 0 Å². The molecule has 2 aromatic rings. The highest BCUT2D eigenvalue weighted by molar-refractivity contribution is 7.89. The Labute approximate surface area is 177 Å². The molecular formula is C21H27N5O3S. The number of hydrogen-bond donors (Lipinski definition) is 0. The van der Waals surface area contributed by atoms with E-state index in [1.807, 2.05) is 19.9 Å². The lowest BCUT2D eigenvalue weighted by Gasteiger charge is -2.35. The predicted octanol–water partition coefficient (Wildman–Crippen LogP) is 1.84. The Hall–Kier alpha value is -2.52. The van der Waals surface area contributed by atoms with E-state index in [-0.39, 0.29) is 10.8 Å². The van der Waals surface area contributed by atoms with Gasteiger partial charge in [0.1, 0.15) is 11.6 Å². The summed E-state index contributed by atoms with van der Waals surface area (Å²) in [5, 5.41) is 0. The number of aryl methyl sites for hydroxylation is 2. The molecule has 0 spiro atoms. The lowest BCUT2D eigenvalue weighted by Crippen LogP contribution is -2.49. The van der Waals surface area contributed by atoms with E-state index >= 15 is 0 Å². The van der Waals surface area contributed by atoms with Crippen LogP contribution in [0, 0.1) is 13.8 Å². The first kappa shape index (κ1) is 20.7. The Morgan fingerprint density at radius 1 is 0.933 bits per heavy atom. The number of aromatic nitrogens is 2. The Morgan fingerprint density at radius 3 is 2.30 bits per heavy atom. The standard InChI is InChI=1S/C21H27N5O3S/c1-16-14-20(23-17(2)22-16)24-10-12-25(13-11-24)21(27)18-6-5-7-19(15-18)30(28,29)26-8-3-4-9-26/h5-7,14-15H,3-4,8-13H2,1-2H3. The first-order chi connectivity index (χ1) is 14.3. The molecule has 9 heteroatoms. The summed E-state index contributed by atoms with van der Waals surface area (Å²) in [5.41, 5.74) is 1.34. The van der Waals surface area contributed by atoms with Crippen LogP contribution in [0.2, 0.25) is 0 Å². The molecule has 1 aromatic heterocycles. The second-order valence-corrected chi connectivity index (χ2v) is 9.77. The molecule has 30 heavy (non-hydrogen) atoms. The number of sulfonamides is 1. The van der Waals surface area contributed by atoms with E-state index in [4.69, 9.17) is 0 Å². The number of amides is 1. The summed E-state index contributed by atoms with van der Waals surface area (Å²) in [6.07, 6.45) is 1.76. The molecule has 160 valence electrons. The second-order valence-electron chi connectivity index (χ2n) is 7.83. The molecule has 0 aliphatic carbocycles. The van der Waals surface area contributed by atoms with Crippen LogP contribution in [0.3, 0.4) is 0 Å². The number of hydrogen-bond acceptors (Lipinski definition) is 6. The van der Waals surface area contributed by atoms with E-state index < -0.39 is 10.0 Å². The van der Waals surface area contributed by atoms with Crippen molar-refractivity contribution in [2.75, 3.05) is 44.2 Å². The summed E-state index contributed by atoms with van der Waals surface area (Å²) in [6.45, 7) is 7.38. The fourth-order valence-electron chi connectivity index (χ4n) is 4.05. The van der Waals surface area contributed by atoms with Crippen LogP contribution < -0.4 is 4.90 Å². The summed E-state index contributed by atoms with van der Waals surface area (Å²) in [4.78, 5) is 26.0. The zero-order valence-electron chi connectivity index (χ0n) is 17.4. The van der Waals surface area contributed by atoms with Crippen LogP contribution in [0.15, 0.2) is 35.2 Å². The zero-order chi connectivity index (χ0) is 21.3. The fourth-order valence-corrected chi connectivity index (χ4v) is 5.61. The molecular weight excluding hydrogens is 402 g/mol. The van der Waals surface area contributed by atoms with E-state index in [1.165, 1.54) is 10.4 Å². The molecule has 0 N–H and O–H groups in total. The van der Waals surface area contributed by atoms with E-state index in [0.717, 1.165) is 30.2 Å². The Morgan fingerprint density at radius 2 is 1.63 bits per heavy atom. The van der Waals surface area contributed by atoms with Crippen molar-refractivity contribution in [1.29, 1.82) is 0 Å². The normalized spacial score (nSPS) is 18.1. The minimum Gasteiger partial charge on any atom is -0.353 e. The summed E-state index contributed by atoms with van der Waals surface area (Å²) < 4.78 is 27.1. The molecule has 2 aliphatic heterocycles. The van der Waals surface area contributed by atoms with E-state index in [9.17, 15) is 13.2 Å². The van der Waals surface area contributed by atoms with Crippen molar-refractivity contribution in [3.8, 4) is 0 Å². The summed E-state index contributed by atoms with van der Waals surface area (Å²) in [5.74, 6) is 1.48. The highest BCUT2D eigenvalue weighted by Crippen LogP contribution is 2.23. The van der Waals surface area contributed by atoms with Gasteiger partial charge in [0.2, 0.25) is 10.0 Å². The van der Waals surface area contributed by atoms with Crippen molar-refractivity contribution < 1.29 is 13.2 Å². The Bertz CT molecular complexity index is 1020. The number of anilines is 1.